The summed E-state index contributed by atoms with van der Waals surface area (Å²) in [6, 6.07) is 18.2. The lowest BCUT2D eigenvalue weighted by Gasteiger charge is -2.12. The van der Waals surface area contributed by atoms with Crippen molar-refractivity contribution in [2.45, 2.75) is 18.4 Å². The van der Waals surface area contributed by atoms with Gasteiger partial charge in [-0.15, -0.1) is 0 Å². The van der Waals surface area contributed by atoms with Crippen molar-refractivity contribution in [3.05, 3.63) is 83.4 Å². The first kappa shape index (κ1) is 22.2. The third-order valence-electron chi connectivity index (χ3n) is 4.64. The van der Waals surface area contributed by atoms with Crippen LogP contribution in [0, 0.1) is 6.92 Å². The molecule has 2 N–H and O–H groups in total. The maximum absolute atomic E-state index is 12.6. The molecule has 0 spiro atoms. The van der Waals surface area contributed by atoms with Crippen molar-refractivity contribution in [1.29, 1.82) is 0 Å². The van der Waals surface area contributed by atoms with Gasteiger partial charge in [0.15, 0.2) is 0 Å². The standard InChI is InChI=1S/C23H24N2O5S/c1-16-7-11-21(12-8-16)31(27,28)25-19-6-4-5-17(13-19)23(26)24-15-18-9-10-20(29-2)14-22(18)30-3/h4-14,25H,15H2,1-3H3,(H,24,26). The van der Waals surface area contributed by atoms with Gasteiger partial charge in [-0.2, -0.15) is 0 Å². The molecule has 1 amide bonds. The summed E-state index contributed by atoms with van der Waals surface area (Å²) < 4.78 is 38.2. The van der Waals surface area contributed by atoms with Gasteiger partial charge in [0, 0.05) is 29.4 Å². The van der Waals surface area contributed by atoms with Gasteiger partial charge in [-0.25, -0.2) is 8.42 Å². The number of benzene rings is 3. The van der Waals surface area contributed by atoms with Crippen molar-refractivity contribution in [3.8, 4) is 11.5 Å². The van der Waals surface area contributed by atoms with E-state index in [1.165, 1.54) is 18.2 Å². The summed E-state index contributed by atoms with van der Waals surface area (Å²) in [6.07, 6.45) is 0. The van der Waals surface area contributed by atoms with Crippen molar-refractivity contribution in [3.63, 3.8) is 0 Å². The average Bonchev–Trinajstić information content (AvgIpc) is 2.77. The predicted octanol–water partition coefficient (Wildman–Crippen LogP) is 3.74. The molecule has 0 radical (unpaired) electrons. The number of amides is 1. The molecule has 8 heteroatoms. The van der Waals surface area contributed by atoms with Crippen molar-refractivity contribution in [2.24, 2.45) is 0 Å². The number of methoxy groups -OCH3 is 2. The summed E-state index contributed by atoms with van der Waals surface area (Å²) in [5.74, 6) is 0.911. The number of carbonyl (C=O) groups excluding carboxylic acids is 1. The van der Waals surface area contributed by atoms with Crippen LogP contribution in [0.25, 0.3) is 0 Å². The van der Waals surface area contributed by atoms with Crippen molar-refractivity contribution >= 4 is 21.6 Å². The Labute approximate surface area is 182 Å². The van der Waals surface area contributed by atoms with Crippen LogP contribution in [0.2, 0.25) is 0 Å². The van der Waals surface area contributed by atoms with E-state index < -0.39 is 10.0 Å². The fourth-order valence-corrected chi connectivity index (χ4v) is 3.98. The molecule has 0 saturated carbocycles. The van der Waals surface area contributed by atoms with E-state index >= 15 is 0 Å². The molecule has 0 heterocycles. The Kier molecular flexibility index (Phi) is 6.81. The van der Waals surface area contributed by atoms with Gasteiger partial charge in [-0.1, -0.05) is 23.8 Å². The summed E-state index contributed by atoms with van der Waals surface area (Å²) in [5, 5.41) is 2.82. The van der Waals surface area contributed by atoms with E-state index in [0.717, 1.165) is 11.1 Å². The molecule has 0 aliphatic rings. The Bertz CT molecular complexity index is 1170. The fourth-order valence-electron chi connectivity index (χ4n) is 2.93. The first-order valence-corrected chi connectivity index (χ1v) is 11.0. The minimum atomic E-state index is -3.75. The number of nitrogens with one attached hydrogen (secondary N) is 2. The van der Waals surface area contributed by atoms with Gasteiger partial charge >= 0.3 is 0 Å². The van der Waals surface area contributed by atoms with Gasteiger partial charge in [0.1, 0.15) is 11.5 Å². The SMILES string of the molecule is COc1ccc(CNC(=O)c2cccc(NS(=O)(=O)c3ccc(C)cc3)c2)c(OC)c1. The summed E-state index contributed by atoms with van der Waals surface area (Å²) in [4.78, 5) is 12.8. The molecule has 0 unspecified atom stereocenters. The number of hydrogen-bond donors (Lipinski definition) is 2. The summed E-state index contributed by atoms with van der Waals surface area (Å²) in [7, 11) is -0.642. The molecule has 0 aromatic heterocycles. The highest BCUT2D eigenvalue weighted by Gasteiger charge is 2.15. The maximum atomic E-state index is 12.6. The topological polar surface area (TPSA) is 93.7 Å². The quantitative estimate of drug-likeness (QED) is 0.557. The highest BCUT2D eigenvalue weighted by molar-refractivity contribution is 7.92. The number of rotatable bonds is 8. The Morgan fingerprint density at radius 2 is 1.68 bits per heavy atom. The molecule has 0 aliphatic carbocycles. The Balaban J connectivity index is 1.71. The fraction of sp³-hybridized carbons (Fsp3) is 0.174. The molecular formula is C23H24N2O5S. The Morgan fingerprint density at radius 1 is 0.935 bits per heavy atom. The summed E-state index contributed by atoms with van der Waals surface area (Å²) >= 11 is 0. The first-order chi connectivity index (χ1) is 14.8. The molecule has 7 nitrogen and oxygen atoms in total. The van der Waals surface area contributed by atoms with Crippen LogP contribution in [0.4, 0.5) is 5.69 Å². The number of aryl methyl sites for hydroxylation is 1. The molecule has 0 atom stereocenters. The van der Waals surface area contributed by atoms with Gasteiger partial charge < -0.3 is 14.8 Å². The molecule has 0 bridgehead atoms. The predicted molar refractivity (Wildman–Crippen MR) is 119 cm³/mol. The highest BCUT2D eigenvalue weighted by Crippen LogP contribution is 2.24. The summed E-state index contributed by atoms with van der Waals surface area (Å²) in [6.45, 7) is 2.12. The Morgan fingerprint density at radius 3 is 2.35 bits per heavy atom. The third-order valence-corrected chi connectivity index (χ3v) is 6.04. The van der Waals surface area contributed by atoms with Gasteiger partial charge in [-0.3, -0.25) is 9.52 Å². The number of carbonyl (C=O) groups is 1. The number of hydrogen-bond acceptors (Lipinski definition) is 5. The lowest BCUT2D eigenvalue weighted by molar-refractivity contribution is 0.0950. The molecule has 0 aliphatic heterocycles. The van der Waals surface area contributed by atoms with Crippen LogP contribution in [-0.2, 0) is 16.6 Å². The largest absolute Gasteiger partial charge is 0.497 e. The summed E-state index contributed by atoms with van der Waals surface area (Å²) in [5.41, 5.74) is 2.38. The lowest BCUT2D eigenvalue weighted by Crippen LogP contribution is -2.23. The van der Waals surface area contributed by atoms with E-state index in [1.807, 2.05) is 13.0 Å². The van der Waals surface area contributed by atoms with Crippen LogP contribution in [0.5, 0.6) is 11.5 Å². The smallest absolute Gasteiger partial charge is 0.261 e. The van der Waals surface area contributed by atoms with Crippen molar-refractivity contribution < 1.29 is 22.7 Å². The number of ether oxygens (including phenoxy) is 2. The van der Waals surface area contributed by atoms with E-state index in [4.69, 9.17) is 9.47 Å². The number of anilines is 1. The van der Waals surface area contributed by atoms with Crippen molar-refractivity contribution in [1.82, 2.24) is 5.32 Å². The molecule has 3 aromatic rings. The third kappa shape index (κ3) is 5.55. The zero-order valence-electron chi connectivity index (χ0n) is 17.5. The van der Waals surface area contributed by atoms with Gasteiger partial charge in [0.25, 0.3) is 15.9 Å². The Hall–Kier alpha value is -3.52. The second-order valence-electron chi connectivity index (χ2n) is 6.86. The van der Waals surface area contributed by atoms with E-state index in [2.05, 4.69) is 10.0 Å². The van der Waals surface area contributed by atoms with Crippen LogP contribution in [0.15, 0.2) is 71.6 Å². The van der Waals surface area contributed by atoms with Crippen LogP contribution < -0.4 is 19.5 Å². The van der Waals surface area contributed by atoms with E-state index in [9.17, 15) is 13.2 Å². The van der Waals surface area contributed by atoms with Crippen LogP contribution in [0.3, 0.4) is 0 Å². The first-order valence-electron chi connectivity index (χ1n) is 9.51. The van der Waals surface area contributed by atoms with Gasteiger partial charge in [0.2, 0.25) is 0 Å². The molecular weight excluding hydrogens is 416 g/mol. The minimum absolute atomic E-state index is 0.152. The minimum Gasteiger partial charge on any atom is -0.497 e. The molecule has 31 heavy (non-hydrogen) atoms. The normalized spacial score (nSPS) is 10.9. The lowest BCUT2D eigenvalue weighted by atomic mass is 10.1. The molecule has 0 saturated heterocycles. The van der Waals surface area contributed by atoms with Crippen molar-refractivity contribution in [2.75, 3.05) is 18.9 Å². The van der Waals surface area contributed by atoms with Crippen LogP contribution in [0.1, 0.15) is 21.5 Å². The number of sulfonamides is 1. The zero-order valence-corrected chi connectivity index (χ0v) is 18.3. The van der Waals surface area contributed by atoms with Gasteiger partial charge in [0.05, 0.1) is 19.1 Å². The second-order valence-corrected chi connectivity index (χ2v) is 8.54. The van der Waals surface area contributed by atoms with Gasteiger partial charge in [-0.05, 0) is 49.4 Å². The van der Waals surface area contributed by atoms with E-state index in [-0.39, 0.29) is 17.3 Å². The molecule has 3 rings (SSSR count). The average molecular weight is 441 g/mol. The zero-order chi connectivity index (χ0) is 22.4. The molecule has 3 aromatic carbocycles. The second kappa shape index (κ2) is 9.53. The highest BCUT2D eigenvalue weighted by atomic mass is 32.2. The van der Waals surface area contributed by atoms with Crippen LogP contribution >= 0.6 is 0 Å². The van der Waals surface area contributed by atoms with E-state index in [0.29, 0.717) is 22.7 Å². The van der Waals surface area contributed by atoms with E-state index in [1.54, 1.807) is 56.7 Å². The maximum Gasteiger partial charge on any atom is 0.261 e. The molecule has 162 valence electrons. The molecule has 0 fully saturated rings. The van der Waals surface area contributed by atoms with Crippen LogP contribution in [-0.4, -0.2) is 28.5 Å². The monoisotopic (exact) mass is 440 g/mol.